The van der Waals surface area contributed by atoms with Gasteiger partial charge < -0.3 is 24.8 Å². The van der Waals surface area contributed by atoms with Gasteiger partial charge in [0.2, 0.25) is 0 Å². The van der Waals surface area contributed by atoms with Gasteiger partial charge in [0.25, 0.3) is 17.9 Å². The van der Waals surface area contributed by atoms with Crippen LogP contribution in [0.25, 0.3) is 0 Å². The van der Waals surface area contributed by atoms with E-state index in [1.165, 1.54) is 25.1 Å². The molecular formula is C30H35F3N4O4. The molecule has 1 aromatic carbocycles. The minimum absolute atomic E-state index is 0.0250. The summed E-state index contributed by atoms with van der Waals surface area (Å²) in [6.45, 7) is 8.01. The number of hydrogen-bond donors (Lipinski definition) is 2. The number of hydrogen-bond acceptors (Lipinski definition) is 5. The Kier molecular flexibility index (Phi) is 6.42. The number of carbonyl (C=O) groups is 2. The Morgan fingerprint density at radius 2 is 1.73 bits per heavy atom. The molecule has 8 nitrogen and oxygen atoms in total. The van der Waals surface area contributed by atoms with E-state index in [0.29, 0.717) is 24.7 Å². The van der Waals surface area contributed by atoms with Crippen molar-refractivity contribution in [2.45, 2.75) is 76.6 Å². The Labute approximate surface area is 236 Å². The molecule has 4 aliphatic carbocycles. The predicted molar refractivity (Wildman–Crippen MR) is 145 cm³/mol. The molecule has 220 valence electrons. The first kappa shape index (κ1) is 27.7. The van der Waals surface area contributed by atoms with E-state index in [9.17, 15) is 27.6 Å². The summed E-state index contributed by atoms with van der Waals surface area (Å²) in [7, 11) is 0. The van der Waals surface area contributed by atoms with E-state index in [2.05, 4.69) is 10.6 Å². The van der Waals surface area contributed by atoms with Crippen LogP contribution in [0.4, 0.5) is 23.7 Å². The molecule has 11 heteroatoms. The Morgan fingerprint density at radius 3 is 2.29 bits per heavy atom. The molecule has 0 spiro atoms. The fraction of sp³-hybridized carbons (Fsp3) is 0.567. The third-order valence-corrected chi connectivity index (χ3v) is 9.09. The van der Waals surface area contributed by atoms with Gasteiger partial charge in [0.15, 0.2) is 0 Å². The van der Waals surface area contributed by atoms with Gasteiger partial charge in [-0.1, -0.05) is 18.2 Å². The molecule has 41 heavy (non-hydrogen) atoms. The van der Waals surface area contributed by atoms with Crippen LogP contribution in [0.1, 0.15) is 80.9 Å². The zero-order valence-electron chi connectivity index (χ0n) is 23.5. The lowest BCUT2D eigenvalue weighted by molar-refractivity contribution is -0.0914. The van der Waals surface area contributed by atoms with Crippen LogP contribution in [-0.4, -0.2) is 46.2 Å². The summed E-state index contributed by atoms with van der Waals surface area (Å²) in [5.74, 6) is -0.663. The second-order valence-corrected chi connectivity index (χ2v) is 13.1. The van der Waals surface area contributed by atoms with Crippen LogP contribution in [0.3, 0.4) is 0 Å². The first-order chi connectivity index (χ1) is 19.3. The van der Waals surface area contributed by atoms with Crippen molar-refractivity contribution in [3.8, 4) is 0 Å². The van der Waals surface area contributed by atoms with Crippen molar-refractivity contribution in [3.63, 3.8) is 0 Å². The molecule has 2 aromatic rings. The first-order valence-electron chi connectivity index (χ1n) is 14.2. The number of rotatable bonds is 7. The van der Waals surface area contributed by atoms with Gasteiger partial charge in [-0.15, -0.1) is 0 Å². The van der Waals surface area contributed by atoms with Crippen molar-refractivity contribution in [3.05, 3.63) is 63.3 Å². The highest BCUT2D eigenvalue weighted by atomic mass is 19.3. The van der Waals surface area contributed by atoms with Crippen molar-refractivity contribution in [2.24, 2.45) is 17.8 Å². The van der Waals surface area contributed by atoms with Crippen LogP contribution >= 0.6 is 0 Å². The molecule has 7 rings (SSSR count). The molecule has 4 atom stereocenters. The van der Waals surface area contributed by atoms with Crippen molar-refractivity contribution >= 4 is 17.7 Å². The topological polar surface area (TPSA) is 92.7 Å². The number of ether oxygens (including phenoxy) is 1. The lowest BCUT2D eigenvalue weighted by atomic mass is 9.49. The fourth-order valence-corrected chi connectivity index (χ4v) is 6.75. The molecule has 1 saturated heterocycles. The molecule has 2 bridgehead atoms. The first-order valence-corrected chi connectivity index (χ1v) is 14.2. The number of halogens is 3. The number of alkyl halides is 2. The number of nitrogens with zero attached hydrogens (tertiary/aromatic N) is 2. The van der Waals surface area contributed by atoms with Gasteiger partial charge in [-0.25, -0.2) is 18.0 Å². The number of piperidine rings is 1. The van der Waals surface area contributed by atoms with Gasteiger partial charge >= 0.3 is 6.09 Å². The summed E-state index contributed by atoms with van der Waals surface area (Å²) in [5, 5.41) is 6.11. The number of aromatic nitrogens is 1. The molecule has 2 N–H and O–H groups in total. The van der Waals surface area contributed by atoms with Gasteiger partial charge in [0.05, 0.1) is 22.9 Å². The maximum atomic E-state index is 14.8. The van der Waals surface area contributed by atoms with Crippen LogP contribution in [0, 0.1) is 23.6 Å². The van der Waals surface area contributed by atoms with Gasteiger partial charge in [-0.05, 0) is 52.9 Å². The number of anilines is 1. The number of benzene rings is 1. The Bertz CT molecular complexity index is 1440. The van der Waals surface area contributed by atoms with E-state index in [1.807, 2.05) is 20.8 Å². The Hall–Kier alpha value is -3.50. The average molecular weight is 573 g/mol. The Morgan fingerprint density at radius 1 is 1.10 bits per heavy atom. The summed E-state index contributed by atoms with van der Waals surface area (Å²) in [4.78, 5) is 40.9. The van der Waals surface area contributed by atoms with Gasteiger partial charge in [0, 0.05) is 54.3 Å². The molecule has 0 radical (unpaired) electrons. The van der Waals surface area contributed by atoms with E-state index in [4.69, 9.17) is 4.74 Å². The predicted octanol–water partition coefficient (Wildman–Crippen LogP) is 5.20. The SMILES string of the molecule is C[C@@H](NC(=O)c1cn(C23CC(C2)C3)c(=O)cc1NC1[C@H]2CN(C(=O)OC(C)(C)C)C[C@@H]12)c1cccc(C(F)F)c1F. The molecule has 1 aromatic heterocycles. The zero-order chi connectivity index (χ0) is 29.4. The van der Waals surface area contributed by atoms with Crippen molar-refractivity contribution < 1.29 is 27.5 Å². The number of amides is 2. The normalized spacial score (nSPS) is 28.3. The number of likely N-dealkylation sites (tertiary alicyclic amines) is 1. The minimum atomic E-state index is -2.98. The third kappa shape index (κ3) is 4.86. The van der Waals surface area contributed by atoms with Crippen LogP contribution in [0.5, 0.6) is 0 Å². The standard InChI is InChI=1S/C30H35F3N4O4/c1-15(17-6-5-7-18(24(17)31)26(32)33)34-27(39)21-14-37(30-9-16(10-30)11-30)23(38)8-22(21)35-25-19-12-36(13-20(19)25)28(40)41-29(2,3)4/h5-8,14-16,19-20,25-26,35H,9-13H2,1-4H3,(H,34,39)/t15-,16?,19-,20+,25?,30?/m1/s1. The summed E-state index contributed by atoms with van der Waals surface area (Å²) in [6.07, 6.45) is 0.942. The quantitative estimate of drug-likeness (QED) is 0.476. The second kappa shape index (κ2) is 9.52. The van der Waals surface area contributed by atoms with Crippen molar-refractivity contribution in [1.82, 2.24) is 14.8 Å². The van der Waals surface area contributed by atoms with E-state index < -0.39 is 35.4 Å². The molecule has 1 aliphatic heterocycles. The van der Waals surface area contributed by atoms with Gasteiger partial charge in [-0.3, -0.25) is 9.59 Å². The minimum Gasteiger partial charge on any atom is -0.444 e. The largest absolute Gasteiger partial charge is 0.444 e. The van der Waals surface area contributed by atoms with Crippen LogP contribution in [-0.2, 0) is 10.3 Å². The van der Waals surface area contributed by atoms with Crippen molar-refractivity contribution in [1.29, 1.82) is 0 Å². The molecule has 2 amide bonds. The maximum Gasteiger partial charge on any atom is 0.410 e. The second-order valence-electron chi connectivity index (χ2n) is 13.1. The van der Waals surface area contributed by atoms with Crippen LogP contribution in [0.2, 0.25) is 0 Å². The highest BCUT2D eigenvalue weighted by Crippen LogP contribution is 2.61. The molecule has 2 heterocycles. The van der Waals surface area contributed by atoms with Crippen LogP contribution in [0.15, 0.2) is 35.3 Å². The Balaban J connectivity index is 1.22. The highest BCUT2D eigenvalue weighted by molar-refractivity contribution is 5.99. The summed E-state index contributed by atoms with van der Waals surface area (Å²) >= 11 is 0. The summed E-state index contributed by atoms with van der Waals surface area (Å²) in [6, 6.07) is 4.25. The smallest absolute Gasteiger partial charge is 0.410 e. The lowest BCUT2D eigenvalue weighted by Gasteiger charge is -2.62. The summed E-state index contributed by atoms with van der Waals surface area (Å²) in [5.41, 5.74) is -1.21. The third-order valence-electron chi connectivity index (χ3n) is 9.09. The maximum absolute atomic E-state index is 14.8. The van der Waals surface area contributed by atoms with E-state index in [0.717, 1.165) is 25.3 Å². The van der Waals surface area contributed by atoms with Crippen LogP contribution < -0.4 is 16.2 Å². The number of pyridine rings is 1. The average Bonchev–Trinajstić information content (AvgIpc) is 3.24. The highest BCUT2D eigenvalue weighted by Gasteiger charge is 2.59. The number of nitrogens with one attached hydrogen (secondary N) is 2. The monoisotopic (exact) mass is 572 g/mol. The molecule has 5 fully saturated rings. The summed E-state index contributed by atoms with van der Waals surface area (Å²) < 4.78 is 48.4. The van der Waals surface area contributed by atoms with E-state index in [1.54, 1.807) is 15.7 Å². The molecule has 4 saturated carbocycles. The lowest BCUT2D eigenvalue weighted by Crippen LogP contribution is -2.62. The number of carbonyl (C=O) groups excluding carboxylic acids is 2. The molecule has 1 unspecified atom stereocenters. The number of fused-ring (bicyclic) bond motifs is 1. The molecular weight excluding hydrogens is 537 g/mol. The zero-order valence-corrected chi connectivity index (χ0v) is 23.5. The van der Waals surface area contributed by atoms with E-state index in [-0.39, 0.29) is 46.2 Å². The molecule has 5 aliphatic rings. The van der Waals surface area contributed by atoms with E-state index >= 15 is 0 Å². The fourth-order valence-electron chi connectivity index (χ4n) is 6.75. The van der Waals surface area contributed by atoms with Gasteiger partial charge in [-0.2, -0.15) is 0 Å². The van der Waals surface area contributed by atoms with Crippen molar-refractivity contribution in [2.75, 3.05) is 18.4 Å². The van der Waals surface area contributed by atoms with Gasteiger partial charge in [0.1, 0.15) is 11.4 Å².